The molecule has 0 saturated heterocycles. The van der Waals surface area contributed by atoms with E-state index in [-0.39, 0.29) is 5.91 Å². The number of carbonyl (C=O) groups excluding carboxylic acids is 1. The summed E-state index contributed by atoms with van der Waals surface area (Å²) in [5, 5.41) is 3.89. The van der Waals surface area contributed by atoms with Crippen molar-refractivity contribution in [1.82, 2.24) is 9.97 Å². The van der Waals surface area contributed by atoms with Crippen LogP contribution >= 0.6 is 0 Å². The van der Waals surface area contributed by atoms with Crippen molar-refractivity contribution in [3.63, 3.8) is 0 Å². The number of benzene rings is 2. The summed E-state index contributed by atoms with van der Waals surface area (Å²) in [6, 6.07) is 19.4. The summed E-state index contributed by atoms with van der Waals surface area (Å²) in [4.78, 5) is 22.3. The van der Waals surface area contributed by atoms with Gasteiger partial charge in [0.2, 0.25) is 0 Å². The molecule has 0 aliphatic heterocycles. The van der Waals surface area contributed by atoms with Crippen molar-refractivity contribution < 1.29 is 9.53 Å². The number of aromatic nitrogens is 2. The lowest BCUT2D eigenvalue weighted by Crippen LogP contribution is -2.15. The number of amides is 1. The van der Waals surface area contributed by atoms with Crippen molar-refractivity contribution in [2.45, 2.75) is 12.8 Å². The minimum absolute atomic E-state index is 0.119. The van der Waals surface area contributed by atoms with Gasteiger partial charge in [-0.3, -0.25) is 9.78 Å². The number of hydrogen-bond donors (Lipinski definition) is 1. The third-order valence-electron chi connectivity index (χ3n) is 5.56. The first kappa shape index (κ1) is 19.0. The molecule has 0 fully saturated rings. The molecule has 0 spiro atoms. The van der Waals surface area contributed by atoms with Crippen LogP contribution in [0.5, 0.6) is 5.75 Å². The predicted molar refractivity (Wildman–Crippen MR) is 123 cm³/mol. The Morgan fingerprint density at radius 1 is 1.00 bits per heavy atom. The molecule has 0 bridgehead atoms. The fourth-order valence-electron chi connectivity index (χ4n) is 4.07. The molecule has 0 unspecified atom stereocenters. The predicted octanol–water partition coefficient (Wildman–Crippen LogP) is 5.38. The Balaban J connectivity index is 1.60. The molecule has 1 amide bonds. The zero-order valence-corrected chi connectivity index (χ0v) is 17.1. The molecule has 4 aromatic rings. The van der Waals surface area contributed by atoms with E-state index >= 15 is 0 Å². The number of nitrogens with one attached hydrogen (secondary N) is 1. The number of ether oxygens (including phenoxy) is 1. The molecule has 1 aliphatic carbocycles. The molecule has 1 aliphatic rings. The van der Waals surface area contributed by atoms with Crippen molar-refractivity contribution in [1.29, 1.82) is 0 Å². The van der Waals surface area contributed by atoms with Gasteiger partial charge in [0.25, 0.3) is 5.91 Å². The SMILES string of the molecule is COc1ccc(/C=C2\CCc3c2nc2ccccc2c3C(=O)Nc2ccncc2)cc1. The molecule has 152 valence electrons. The Morgan fingerprint density at radius 2 is 1.77 bits per heavy atom. The van der Waals surface area contributed by atoms with Crippen molar-refractivity contribution in [3.8, 4) is 5.75 Å². The Hall–Kier alpha value is -3.99. The second-order valence-corrected chi connectivity index (χ2v) is 7.46. The van der Waals surface area contributed by atoms with Crippen LogP contribution in [0.15, 0.2) is 73.1 Å². The summed E-state index contributed by atoms with van der Waals surface area (Å²) in [5.41, 5.74) is 6.39. The third-order valence-corrected chi connectivity index (χ3v) is 5.56. The highest BCUT2D eigenvalue weighted by Crippen LogP contribution is 2.37. The summed E-state index contributed by atoms with van der Waals surface area (Å²) in [7, 11) is 1.66. The maximum absolute atomic E-state index is 13.3. The largest absolute Gasteiger partial charge is 0.497 e. The van der Waals surface area contributed by atoms with Gasteiger partial charge in [-0.1, -0.05) is 30.3 Å². The second kappa shape index (κ2) is 8.03. The van der Waals surface area contributed by atoms with Gasteiger partial charge in [-0.25, -0.2) is 4.98 Å². The standard InChI is InChI=1S/C26H21N3O2/c1-31-20-9-6-17(7-10-20)16-18-8-11-22-24(26(30)28-19-12-14-27-15-13-19)21-4-2-3-5-23(21)29-25(18)22/h2-7,9-10,12-16H,8,11H2,1H3,(H,27,28,30)/b18-16+. The molecule has 0 atom stereocenters. The number of fused-ring (bicyclic) bond motifs is 2. The topological polar surface area (TPSA) is 64.1 Å². The number of anilines is 1. The van der Waals surface area contributed by atoms with Crippen molar-refractivity contribution in [2.24, 2.45) is 0 Å². The maximum atomic E-state index is 13.3. The zero-order valence-electron chi connectivity index (χ0n) is 17.1. The molecule has 5 heteroatoms. The Bertz CT molecular complexity index is 1300. The van der Waals surface area contributed by atoms with Crippen LogP contribution in [-0.2, 0) is 6.42 Å². The fourth-order valence-corrected chi connectivity index (χ4v) is 4.07. The van der Waals surface area contributed by atoms with Crippen LogP contribution < -0.4 is 10.1 Å². The fraction of sp³-hybridized carbons (Fsp3) is 0.115. The molecule has 0 radical (unpaired) electrons. The summed E-state index contributed by atoms with van der Waals surface area (Å²) >= 11 is 0. The first-order chi connectivity index (χ1) is 15.2. The number of rotatable bonds is 4. The van der Waals surface area contributed by atoms with E-state index in [1.165, 1.54) is 0 Å². The normalized spacial score (nSPS) is 13.9. The molecule has 5 rings (SSSR count). The monoisotopic (exact) mass is 407 g/mol. The van der Waals surface area contributed by atoms with Crippen LogP contribution in [-0.4, -0.2) is 23.0 Å². The average molecular weight is 407 g/mol. The van der Waals surface area contributed by atoms with E-state index in [0.717, 1.165) is 57.6 Å². The van der Waals surface area contributed by atoms with E-state index in [0.29, 0.717) is 5.56 Å². The number of para-hydroxylation sites is 1. The molecule has 31 heavy (non-hydrogen) atoms. The highest BCUT2D eigenvalue weighted by atomic mass is 16.5. The van der Waals surface area contributed by atoms with E-state index in [1.54, 1.807) is 31.6 Å². The van der Waals surface area contributed by atoms with Gasteiger partial charge in [-0.05, 0) is 65.9 Å². The Morgan fingerprint density at radius 3 is 2.55 bits per heavy atom. The summed E-state index contributed by atoms with van der Waals surface area (Å²) in [5.74, 6) is 0.708. The number of methoxy groups -OCH3 is 1. The first-order valence-electron chi connectivity index (χ1n) is 10.2. The smallest absolute Gasteiger partial charge is 0.256 e. The molecule has 2 aromatic carbocycles. The van der Waals surface area contributed by atoms with E-state index < -0.39 is 0 Å². The number of pyridine rings is 2. The van der Waals surface area contributed by atoms with E-state index in [2.05, 4.69) is 16.4 Å². The lowest BCUT2D eigenvalue weighted by molar-refractivity contribution is 0.102. The highest BCUT2D eigenvalue weighted by molar-refractivity contribution is 6.14. The Kier molecular flexibility index (Phi) is 4.92. The third kappa shape index (κ3) is 3.66. The molecular formula is C26H21N3O2. The lowest BCUT2D eigenvalue weighted by atomic mass is 10.00. The molecule has 0 saturated carbocycles. The van der Waals surface area contributed by atoms with Crippen molar-refractivity contribution in [2.75, 3.05) is 12.4 Å². The molecule has 2 heterocycles. The first-order valence-corrected chi connectivity index (χ1v) is 10.2. The van der Waals surface area contributed by atoms with Crippen LogP contribution in [0.4, 0.5) is 5.69 Å². The summed E-state index contributed by atoms with van der Waals surface area (Å²) in [6.45, 7) is 0. The van der Waals surface area contributed by atoms with Crippen molar-refractivity contribution >= 4 is 34.1 Å². The minimum Gasteiger partial charge on any atom is -0.497 e. The zero-order chi connectivity index (χ0) is 21.2. The van der Waals surface area contributed by atoms with Gasteiger partial charge in [0.05, 0.1) is 23.9 Å². The van der Waals surface area contributed by atoms with Crippen LogP contribution in [0.1, 0.15) is 33.6 Å². The average Bonchev–Trinajstić information content (AvgIpc) is 3.20. The van der Waals surface area contributed by atoms with Gasteiger partial charge >= 0.3 is 0 Å². The van der Waals surface area contributed by atoms with Crippen LogP contribution in [0.3, 0.4) is 0 Å². The molecule has 2 aromatic heterocycles. The number of nitrogens with zero attached hydrogens (tertiary/aromatic N) is 2. The van der Waals surface area contributed by atoms with E-state index in [4.69, 9.17) is 9.72 Å². The molecular weight excluding hydrogens is 386 g/mol. The van der Waals surface area contributed by atoms with Gasteiger partial charge in [0.1, 0.15) is 5.75 Å². The van der Waals surface area contributed by atoms with Gasteiger partial charge in [0, 0.05) is 23.5 Å². The van der Waals surface area contributed by atoms with Gasteiger partial charge in [-0.2, -0.15) is 0 Å². The van der Waals surface area contributed by atoms with Crippen LogP contribution in [0.25, 0.3) is 22.6 Å². The lowest BCUT2D eigenvalue weighted by Gasteiger charge is -2.13. The highest BCUT2D eigenvalue weighted by Gasteiger charge is 2.26. The van der Waals surface area contributed by atoms with E-state index in [1.807, 2.05) is 48.5 Å². The Labute approximate surface area is 180 Å². The second-order valence-electron chi connectivity index (χ2n) is 7.46. The molecule has 5 nitrogen and oxygen atoms in total. The minimum atomic E-state index is -0.119. The van der Waals surface area contributed by atoms with Gasteiger partial charge < -0.3 is 10.1 Å². The number of allylic oxidation sites excluding steroid dienone is 1. The maximum Gasteiger partial charge on any atom is 0.256 e. The van der Waals surface area contributed by atoms with Crippen molar-refractivity contribution in [3.05, 3.63) is 95.4 Å². The van der Waals surface area contributed by atoms with Gasteiger partial charge in [-0.15, -0.1) is 0 Å². The van der Waals surface area contributed by atoms with Gasteiger partial charge in [0.15, 0.2) is 0 Å². The summed E-state index contributed by atoms with van der Waals surface area (Å²) < 4.78 is 5.25. The molecule has 1 N–H and O–H groups in total. The number of carbonyl (C=O) groups is 1. The quantitative estimate of drug-likeness (QED) is 0.493. The van der Waals surface area contributed by atoms with E-state index in [9.17, 15) is 4.79 Å². The summed E-state index contributed by atoms with van der Waals surface area (Å²) in [6.07, 6.45) is 7.12. The van der Waals surface area contributed by atoms with Crippen LogP contribution in [0, 0.1) is 0 Å². The van der Waals surface area contributed by atoms with Crippen LogP contribution in [0.2, 0.25) is 0 Å². The number of hydrogen-bond acceptors (Lipinski definition) is 4.